The molecule has 6 nitrogen and oxygen atoms in total. The van der Waals surface area contributed by atoms with Gasteiger partial charge in [0.15, 0.2) is 5.82 Å². The topological polar surface area (TPSA) is 84.2 Å². The number of nitrogens with zero attached hydrogens (tertiary/aromatic N) is 1. The second-order valence-corrected chi connectivity index (χ2v) is 8.39. The molecule has 0 radical (unpaired) electrons. The van der Waals surface area contributed by atoms with Crippen LogP contribution in [0.3, 0.4) is 0 Å². The van der Waals surface area contributed by atoms with Crippen LogP contribution in [0.4, 0.5) is 5.82 Å². The number of nitrogens with one attached hydrogen (secondary N) is 2. The van der Waals surface area contributed by atoms with Gasteiger partial charge in [-0.3, -0.25) is 9.59 Å². The van der Waals surface area contributed by atoms with Gasteiger partial charge < -0.3 is 15.2 Å². The lowest BCUT2D eigenvalue weighted by Crippen LogP contribution is -2.32. The Morgan fingerprint density at radius 1 is 1.26 bits per heavy atom. The summed E-state index contributed by atoms with van der Waals surface area (Å²) in [5.41, 5.74) is 2.35. The van der Waals surface area contributed by atoms with Crippen LogP contribution in [0.25, 0.3) is 0 Å². The highest BCUT2D eigenvalue weighted by atomic mass is 32.2. The smallest absolute Gasteiger partial charge is 0.238 e. The van der Waals surface area contributed by atoms with Crippen molar-refractivity contribution >= 4 is 29.4 Å². The summed E-state index contributed by atoms with van der Waals surface area (Å²) < 4.78 is 4.93. The van der Waals surface area contributed by atoms with Gasteiger partial charge in [0, 0.05) is 6.07 Å². The van der Waals surface area contributed by atoms with Gasteiger partial charge in [-0.25, -0.2) is 0 Å². The van der Waals surface area contributed by atoms with Crippen LogP contribution in [0, 0.1) is 19.8 Å². The van der Waals surface area contributed by atoms with E-state index in [2.05, 4.69) is 47.0 Å². The van der Waals surface area contributed by atoms with E-state index in [9.17, 15) is 9.59 Å². The molecule has 2 atom stereocenters. The predicted molar refractivity (Wildman–Crippen MR) is 107 cm³/mol. The van der Waals surface area contributed by atoms with Crippen LogP contribution in [0.5, 0.6) is 0 Å². The van der Waals surface area contributed by atoms with Crippen LogP contribution in [-0.2, 0) is 9.59 Å². The molecule has 2 N–H and O–H groups in total. The lowest BCUT2D eigenvalue weighted by atomic mass is 10.0. The first kappa shape index (κ1) is 19.5. The summed E-state index contributed by atoms with van der Waals surface area (Å²) in [5.74, 6) is 1.53. The molecule has 2 unspecified atom stereocenters. The van der Waals surface area contributed by atoms with Gasteiger partial charge in [0.2, 0.25) is 11.8 Å². The molecule has 3 rings (SSSR count). The van der Waals surface area contributed by atoms with Gasteiger partial charge in [-0.05, 0) is 45.1 Å². The van der Waals surface area contributed by atoms with Gasteiger partial charge in [0.1, 0.15) is 5.76 Å². The van der Waals surface area contributed by atoms with Gasteiger partial charge >= 0.3 is 0 Å². The minimum atomic E-state index is -0.369. The molecular formula is C20H25N3O3S. The van der Waals surface area contributed by atoms with E-state index in [1.807, 2.05) is 0 Å². The molecule has 1 saturated carbocycles. The number of rotatable bonds is 8. The van der Waals surface area contributed by atoms with Gasteiger partial charge in [-0.15, -0.1) is 11.8 Å². The summed E-state index contributed by atoms with van der Waals surface area (Å²) >= 11 is 1.31. The molecule has 2 amide bonds. The molecule has 144 valence electrons. The standard InChI is InChI=1S/C20H25N3O3S/c1-12-4-6-15(7-5-12)19(16-8-9-16)22-18(24)11-27-14(3)20(25)21-17-10-13(2)26-23-17/h4-7,10,14,16,19H,8-9,11H2,1-3H3,(H,22,24)(H,21,23,25). The number of aromatic nitrogens is 1. The molecular weight excluding hydrogens is 362 g/mol. The number of hydrogen-bond donors (Lipinski definition) is 2. The maximum atomic E-state index is 12.4. The number of thioether (sulfide) groups is 1. The van der Waals surface area contributed by atoms with E-state index < -0.39 is 0 Å². The Bertz CT molecular complexity index is 799. The lowest BCUT2D eigenvalue weighted by molar-refractivity contribution is -0.119. The summed E-state index contributed by atoms with van der Waals surface area (Å²) in [7, 11) is 0. The van der Waals surface area contributed by atoms with Gasteiger partial charge in [0.25, 0.3) is 0 Å². The molecule has 27 heavy (non-hydrogen) atoms. The third kappa shape index (κ3) is 5.60. The van der Waals surface area contributed by atoms with Crippen LogP contribution in [-0.4, -0.2) is 28.0 Å². The molecule has 1 fully saturated rings. The van der Waals surface area contributed by atoms with Crippen molar-refractivity contribution in [3.8, 4) is 0 Å². The highest BCUT2D eigenvalue weighted by molar-refractivity contribution is 8.01. The number of carbonyl (C=O) groups is 2. The minimum absolute atomic E-state index is 0.0468. The molecule has 0 aliphatic heterocycles. The Labute approximate surface area is 163 Å². The minimum Gasteiger partial charge on any atom is -0.360 e. The first-order valence-electron chi connectivity index (χ1n) is 9.14. The Balaban J connectivity index is 1.49. The lowest BCUT2D eigenvalue weighted by Gasteiger charge is -2.19. The average Bonchev–Trinajstić information content (AvgIpc) is 3.40. The Morgan fingerprint density at radius 3 is 2.56 bits per heavy atom. The number of carbonyl (C=O) groups excluding carboxylic acids is 2. The van der Waals surface area contributed by atoms with Gasteiger partial charge in [-0.1, -0.05) is 35.0 Å². The van der Waals surface area contributed by atoms with Crippen LogP contribution in [0.1, 0.15) is 42.7 Å². The van der Waals surface area contributed by atoms with E-state index >= 15 is 0 Å². The van der Waals surface area contributed by atoms with Crippen molar-refractivity contribution in [2.75, 3.05) is 11.1 Å². The number of hydrogen-bond acceptors (Lipinski definition) is 5. The zero-order valence-electron chi connectivity index (χ0n) is 15.8. The molecule has 1 aromatic carbocycles. The second-order valence-electron chi connectivity index (χ2n) is 7.06. The van der Waals surface area contributed by atoms with E-state index in [1.165, 1.54) is 17.3 Å². The number of benzene rings is 1. The number of anilines is 1. The molecule has 0 saturated heterocycles. The zero-order valence-corrected chi connectivity index (χ0v) is 16.6. The Hall–Kier alpha value is -2.28. The van der Waals surface area contributed by atoms with E-state index in [4.69, 9.17) is 4.52 Å². The van der Waals surface area contributed by atoms with Crippen LogP contribution < -0.4 is 10.6 Å². The first-order chi connectivity index (χ1) is 12.9. The summed E-state index contributed by atoms with van der Waals surface area (Å²) in [6, 6.07) is 10.0. The fourth-order valence-electron chi connectivity index (χ4n) is 2.82. The van der Waals surface area contributed by atoms with E-state index in [-0.39, 0.29) is 28.9 Å². The third-order valence-corrected chi connectivity index (χ3v) is 5.70. The summed E-state index contributed by atoms with van der Waals surface area (Å²) in [6.07, 6.45) is 2.28. The third-order valence-electron chi connectivity index (χ3n) is 4.56. The fourth-order valence-corrected chi connectivity index (χ4v) is 3.52. The van der Waals surface area contributed by atoms with Crippen LogP contribution >= 0.6 is 11.8 Å². The quantitative estimate of drug-likeness (QED) is 0.723. The summed E-state index contributed by atoms with van der Waals surface area (Å²) in [5, 5.41) is 9.21. The maximum Gasteiger partial charge on any atom is 0.238 e. The molecule has 0 spiro atoms. The van der Waals surface area contributed by atoms with Crippen molar-refractivity contribution in [3.05, 3.63) is 47.2 Å². The molecule has 1 aromatic heterocycles. The molecule has 1 aliphatic carbocycles. The van der Waals surface area contributed by atoms with Crippen molar-refractivity contribution in [3.63, 3.8) is 0 Å². The largest absolute Gasteiger partial charge is 0.360 e. The Morgan fingerprint density at radius 2 is 1.96 bits per heavy atom. The predicted octanol–water partition coefficient (Wildman–Crippen LogP) is 3.62. The van der Waals surface area contributed by atoms with Crippen molar-refractivity contribution in [2.24, 2.45) is 5.92 Å². The number of aryl methyl sites for hydroxylation is 2. The zero-order chi connectivity index (χ0) is 19.4. The summed E-state index contributed by atoms with van der Waals surface area (Å²) in [6.45, 7) is 5.59. The monoisotopic (exact) mass is 387 g/mol. The normalized spacial score (nSPS) is 15.8. The van der Waals surface area contributed by atoms with Gasteiger partial charge in [-0.2, -0.15) is 0 Å². The average molecular weight is 388 g/mol. The second kappa shape index (κ2) is 8.61. The fraction of sp³-hybridized carbons (Fsp3) is 0.450. The SMILES string of the molecule is Cc1ccc(C(NC(=O)CSC(C)C(=O)Nc2cc(C)on2)C2CC2)cc1. The van der Waals surface area contributed by atoms with E-state index in [0.717, 1.165) is 18.4 Å². The van der Waals surface area contributed by atoms with Crippen molar-refractivity contribution in [2.45, 2.75) is 44.9 Å². The first-order valence-corrected chi connectivity index (χ1v) is 10.2. The van der Waals surface area contributed by atoms with Crippen molar-refractivity contribution < 1.29 is 14.1 Å². The van der Waals surface area contributed by atoms with E-state index in [1.54, 1.807) is 19.9 Å². The molecule has 1 aliphatic rings. The van der Waals surface area contributed by atoms with Gasteiger partial charge in [0.05, 0.1) is 17.0 Å². The molecule has 2 aromatic rings. The van der Waals surface area contributed by atoms with E-state index in [0.29, 0.717) is 17.5 Å². The summed E-state index contributed by atoms with van der Waals surface area (Å²) in [4.78, 5) is 24.6. The van der Waals surface area contributed by atoms with Crippen molar-refractivity contribution in [1.82, 2.24) is 10.5 Å². The Kier molecular flexibility index (Phi) is 6.21. The van der Waals surface area contributed by atoms with Crippen LogP contribution in [0.15, 0.2) is 34.9 Å². The highest BCUT2D eigenvalue weighted by Crippen LogP contribution is 2.41. The molecule has 0 bridgehead atoms. The maximum absolute atomic E-state index is 12.4. The number of amides is 2. The highest BCUT2D eigenvalue weighted by Gasteiger charge is 2.33. The molecule has 1 heterocycles. The van der Waals surface area contributed by atoms with Crippen LogP contribution in [0.2, 0.25) is 0 Å². The molecule has 7 heteroatoms. The van der Waals surface area contributed by atoms with Crippen molar-refractivity contribution in [1.29, 1.82) is 0 Å².